The van der Waals surface area contributed by atoms with Crippen molar-refractivity contribution in [2.24, 2.45) is 0 Å². The summed E-state index contributed by atoms with van der Waals surface area (Å²) in [5, 5.41) is 0.705. The Hall–Kier alpha value is -1.06. The lowest BCUT2D eigenvalue weighted by atomic mass is 9.98. The number of carbonyl (C=O) groups is 1. The third kappa shape index (κ3) is 1.65. The molecule has 1 atom stereocenters. The zero-order chi connectivity index (χ0) is 11.9. The molecule has 1 aromatic rings. The first-order chi connectivity index (χ1) is 8.22. The lowest BCUT2D eigenvalue weighted by Crippen LogP contribution is -2.49. The van der Waals surface area contributed by atoms with Crippen molar-refractivity contribution in [3.05, 3.63) is 34.9 Å². The lowest BCUT2D eigenvalue weighted by molar-refractivity contribution is -0.183. The summed E-state index contributed by atoms with van der Waals surface area (Å²) in [5.74, 6) is 0.194. The van der Waals surface area contributed by atoms with Gasteiger partial charge in [-0.05, 0) is 18.6 Å². The monoisotopic (exact) mass is 251 g/mol. The molecule has 1 amide bonds. The summed E-state index contributed by atoms with van der Waals surface area (Å²) in [4.78, 5) is 13.7. The Balaban J connectivity index is 2.03. The third-order valence-corrected chi connectivity index (χ3v) is 3.83. The molecule has 0 aliphatic carbocycles. The van der Waals surface area contributed by atoms with Gasteiger partial charge in [0.25, 0.3) is 0 Å². The highest BCUT2D eigenvalue weighted by molar-refractivity contribution is 6.30. The van der Waals surface area contributed by atoms with Crippen LogP contribution in [0.3, 0.4) is 0 Å². The molecule has 3 rings (SSSR count). The lowest BCUT2D eigenvalue weighted by Gasteiger charge is -2.42. The second-order valence-corrected chi connectivity index (χ2v) is 4.98. The molecule has 0 bridgehead atoms. The molecular formula is C13H14ClNO2. The first-order valence-corrected chi connectivity index (χ1v) is 6.31. The molecule has 2 aliphatic rings. The third-order valence-electron chi connectivity index (χ3n) is 3.58. The van der Waals surface area contributed by atoms with Crippen LogP contribution in [0.25, 0.3) is 0 Å². The van der Waals surface area contributed by atoms with E-state index in [9.17, 15) is 4.79 Å². The number of carbonyl (C=O) groups excluding carboxylic acids is 1. The molecular weight excluding hydrogens is 238 g/mol. The number of rotatable bonds is 1. The molecule has 3 nitrogen and oxygen atoms in total. The number of ether oxygens (including phenoxy) is 1. The first kappa shape index (κ1) is 11.1. The number of fused-ring (bicyclic) bond motifs is 1. The molecule has 2 heterocycles. The van der Waals surface area contributed by atoms with E-state index in [0.29, 0.717) is 18.1 Å². The largest absolute Gasteiger partial charge is 0.351 e. The molecule has 2 fully saturated rings. The molecule has 0 radical (unpaired) electrons. The van der Waals surface area contributed by atoms with Crippen LogP contribution in [0.5, 0.6) is 0 Å². The first-order valence-electron chi connectivity index (χ1n) is 5.93. The van der Waals surface area contributed by atoms with Gasteiger partial charge in [-0.3, -0.25) is 4.79 Å². The second kappa shape index (κ2) is 4.00. The van der Waals surface area contributed by atoms with Gasteiger partial charge in [0, 0.05) is 30.0 Å². The van der Waals surface area contributed by atoms with Crippen LogP contribution in [0.4, 0.5) is 0 Å². The van der Waals surface area contributed by atoms with E-state index in [1.54, 1.807) is 0 Å². The number of benzene rings is 1. The van der Waals surface area contributed by atoms with Crippen molar-refractivity contribution in [1.82, 2.24) is 4.90 Å². The van der Waals surface area contributed by atoms with Crippen molar-refractivity contribution in [3.63, 3.8) is 0 Å². The molecule has 0 spiro atoms. The van der Waals surface area contributed by atoms with E-state index in [4.69, 9.17) is 16.3 Å². The fourth-order valence-electron chi connectivity index (χ4n) is 2.76. The highest BCUT2D eigenvalue weighted by Crippen LogP contribution is 2.43. The summed E-state index contributed by atoms with van der Waals surface area (Å²) in [6.07, 6.45) is 2.23. The van der Waals surface area contributed by atoms with Gasteiger partial charge in [-0.2, -0.15) is 0 Å². The predicted molar refractivity (Wildman–Crippen MR) is 64.6 cm³/mol. The molecule has 0 N–H and O–H groups in total. The van der Waals surface area contributed by atoms with Crippen molar-refractivity contribution < 1.29 is 9.53 Å². The summed E-state index contributed by atoms with van der Waals surface area (Å²) in [6.45, 7) is 1.51. The molecule has 2 aliphatic heterocycles. The molecule has 0 unspecified atom stereocenters. The summed E-state index contributed by atoms with van der Waals surface area (Å²) in [6, 6.07) is 7.62. The SMILES string of the molecule is O=C1CC[C@]2(c3ccc(Cl)cc3)OCCCN12. The average molecular weight is 252 g/mol. The fraction of sp³-hybridized carbons (Fsp3) is 0.462. The molecule has 4 heteroatoms. The van der Waals surface area contributed by atoms with Crippen molar-refractivity contribution in [2.45, 2.75) is 25.0 Å². The van der Waals surface area contributed by atoms with Crippen LogP contribution >= 0.6 is 11.6 Å². The van der Waals surface area contributed by atoms with Crippen molar-refractivity contribution in [3.8, 4) is 0 Å². The van der Waals surface area contributed by atoms with Crippen LogP contribution in [-0.2, 0) is 15.3 Å². The van der Waals surface area contributed by atoms with Crippen LogP contribution in [0, 0.1) is 0 Å². The van der Waals surface area contributed by atoms with E-state index in [-0.39, 0.29) is 5.91 Å². The molecule has 1 aromatic carbocycles. The number of halogens is 1. The topological polar surface area (TPSA) is 29.5 Å². The van der Waals surface area contributed by atoms with E-state index in [1.807, 2.05) is 29.2 Å². The second-order valence-electron chi connectivity index (χ2n) is 4.54. The van der Waals surface area contributed by atoms with E-state index in [0.717, 1.165) is 24.9 Å². The standard InChI is InChI=1S/C13H14ClNO2/c14-11-4-2-10(3-5-11)13-7-6-12(16)15(13)8-1-9-17-13/h2-5H,1,6-9H2/t13-/m1/s1. The Bertz CT molecular complexity index is 445. The number of hydrogen-bond donors (Lipinski definition) is 0. The quantitative estimate of drug-likeness (QED) is 0.768. The molecule has 0 saturated carbocycles. The van der Waals surface area contributed by atoms with E-state index in [2.05, 4.69) is 0 Å². The summed E-state index contributed by atoms with van der Waals surface area (Å²) in [7, 11) is 0. The molecule has 2 saturated heterocycles. The maximum absolute atomic E-state index is 11.9. The Labute approximate surface area is 105 Å². The zero-order valence-electron chi connectivity index (χ0n) is 9.49. The van der Waals surface area contributed by atoms with Crippen molar-refractivity contribution in [2.75, 3.05) is 13.2 Å². The Morgan fingerprint density at radius 3 is 2.82 bits per heavy atom. The summed E-state index contributed by atoms with van der Waals surface area (Å²) in [5.41, 5.74) is 0.507. The molecule has 0 aromatic heterocycles. The van der Waals surface area contributed by atoms with Crippen LogP contribution in [0.2, 0.25) is 5.02 Å². The normalized spacial score (nSPS) is 28.3. The van der Waals surface area contributed by atoms with Crippen LogP contribution in [0.1, 0.15) is 24.8 Å². The van der Waals surface area contributed by atoms with Gasteiger partial charge in [0.2, 0.25) is 5.91 Å². The Morgan fingerprint density at radius 2 is 2.06 bits per heavy atom. The van der Waals surface area contributed by atoms with Gasteiger partial charge in [0.15, 0.2) is 5.72 Å². The van der Waals surface area contributed by atoms with Crippen LogP contribution in [-0.4, -0.2) is 24.0 Å². The highest BCUT2D eigenvalue weighted by atomic mass is 35.5. The number of nitrogens with zero attached hydrogens (tertiary/aromatic N) is 1. The van der Waals surface area contributed by atoms with Crippen molar-refractivity contribution >= 4 is 17.5 Å². The van der Waals surface area contributed by atoms with E-state index < -0.39 is 5.72 Å². The van der Waals surface area contributed by atoms with Gasteiger partial charge in [-0.1, -0.05) is 23.7 Å². The number of amides is 1. The minimum atomic E-state index is -0.528. The molecule has 90 valence electrons. The minimum absolute atomic E-state index is 0.194. The Kier molecular flexibility index (Phi) is 2.60. The zero-order valence-corrected chi connectivity index (χ0v) is 10.2. The maximum Gasteiger partial charge on any atom is 0.225 e. The maximum atomic E-state index is 11.9. The van der Waals surface area contributed by atoms with Gasteiger partial charge in [-0.15, -0.1) is 0 Å². The average Bonchev–Trinajstić information content (AvgIpc) is 2.70. The van der Waals surface area contributed by atoms with Crippen LogP contribution < -0.4 is 0 Å². The van der Waals surface area contributed by atoms with Gasteiger partial charge in [0.05, 0.1) is 6.61 Å². The van der Waals surface area contributed by atoms with Crippen molar-refractivity contribution in [1.29, 1.82) is 0 Å². The predicted octanol–water partition coefficient (Wildman–Crippen LogP) is 2.54. The highest BCUT2D eigenvalue weighted by Gasteiger charge is 2.49. The summed E-state index contributed by atoms with van der Waals surface area (Å²) < 4.78 is 5.95. The van der Waals surface area contributed by atoms with Gasteiger partial charge < -0.3 is 9.64 Å². The molecule has 17 heavy (non-hydrogen) atoms. The van der Waals surface area contributed by atoms with Gasteiger partial charge in [0.1, 0.15) is 0 Å². The summed E-state index contributed by atoms with van der Waals surface area (Å²) >= 11 is 5.90. The Morgan fingerprint density at radius 1 is 1.29 bits per heavy atom. The van der Waals surface area contributed by atoms with E-state index in [1.165, 1.54) is 0 Å². The van der Waals surface area contributed by atoms with Gasteiger partial charge in [-0.25, -0.2) is 0 Å². The number of hydrogen-bond acceptors (Lipinski definition) is 2. The fourth-order valence-corrected chi connectivity index (χ4v) is 2.89. The smallest absolute Gasteiger partial charge is 0.225 e. The van der Waals surface area contributed by atoms with E-state index >= 15 is 0 Å². The van der Waals surface area contributed by atoms with Crippen LogP contribution in [0.15, 0.2) is 24.3 Å². The van der Waals surface area contributed by atoms with Gasteiger partial charge >= 0.3 is 0 Å². The minimum Gasteiger partial charge on any atom is -0.351 e.